The molecule has 150 valence electrons. The summed E-state index contributed by atoms with van der Waals surface area (Å²) in [4.78, 5) is 28.5. The number of amides is 3. The summed E-state index contributed by atoms with van der Waals surface area (Å²) in [6.45, 7) is 2.46. The van der Waals surface area contributed by atoms with E-state index in [1.54, 1.807) is 12.5 Å². The highest BCUT2D eigenvalue weighted by molar-refractivity contribution is 5.94. The van der Waals surface area contributed by atoms with Gasteiger partial charge < -0.3 is 20.5 Å². The van der Waals surface area contributed by atoms with Gasteiger partial charge in [0.1, 0.15) is 5.82 Å². The fourth-order valence-corrected chi connectivity index (χ4v) is 3.45. The van der Waals surface area contributed by atoms with Gasteiger partial charge in [-0.3, -0.25) is 4.79 Å². The monoisotopic (exact) mass is 387 g/mol. The van der Waals surface area contributed by atoms with E-state index in [4.69, 9.17) is 0 Å². The minimum Gasteiger partial charge on any atom is -0.335 e. The molecule has 3 rings (SSSR count). The molecule has 1 aliphatic carbocycles. The van der Waals surface area contributed by atoms with Crippen molar-refractivity contribution in [2.24, 2.45) is 5.92 Å². The SMILES string of the molecule is CC(Cn1ccnc1)NC(=O)Nc1ccc(F)c(NC(=O)C2CCCCC2)c1. The number of nitrogens with one attached hydrogen (secondary N) is 3. The van der Waals surface area contributed by atoms with Crippen LogP contribution in [0.2, 0.25) is 0 Å². The summed E-state index contributed by atoms with van der Waals surface area (Å²) in [5.41, 5.74) is 0.493. The van der Waals surface area contributed by atoms with Crippen molar-refractivity contribution in [2.45, 2.75) is 51.6 Å². The molecule has 3 amide bonds. The molecule has 0 spiro atoms. The lowest BCUT2D eigenvalue weighted by Gasteiger charge is -2.21. The molecule has 7 nitrogen and oxygen atoms in total. The maximum Gasteiger partial charge on any atom is 0.319 e. The molecule has 0 bridgehead atoms. The van der Waals surface area contributed by atoms with Crippen LogP contribution in [0.1, 0.15) is 39.0 Å². The highest BCUT2D eigenvalue weighted by atomic mass is 19.1. The van der Waals surface area contributed by atoms with Crippen molar-refractivity contribution in [1.29, 1.82) is 0 Å². The van der Waals surface area contributed by atoms with Gasteiger partial charge in [0, 0.05) is 36.6 Å². The van der Waals surface area contributed by atoms with Crippen molar-refractivity contribution in [2.75, 3.05) is 10.6 Å². The third-order valence-electron chi connectivity index (χ3n) is 4.88. The van der Waals surface area contributed by atoms with Gasteiger partial charge in [0.15, 0.2) is 0 Å². The Labute approximate surface area is 163 Å². The van der Waals surface area contributed by atoms with Gasteiger partial charge in [0.25, 0.3) is 0 Å². The zero-order valence-corrected chi connectivity index (χ0v) is 16.0. The van der Waals surface area contributed by atoms with E-state index in [0.29, 0.717) is 12.2 Å². The van der Waals surface area contributed by atoms with Crippen LogP contribution in [0.5, 0.6) is 0 Å². The summed E-state index contributed by atoms with van der Waals surface area (Å²) in [5, 5.41) is 8.16. The molecule has 1 unspecified atom stereocenters. The van der Waals surface area contributed by atoms with Crippen LogP contribution >= 0.6 is 0 Å². The maximum absolute atomic E-state index is 14.1. The molecule has 3 N–H and O–H groups in total. The number of hydrogen-bond acceptors (Lipinski definition) is 3. The third kappa shape index (κ3) is 5.55. The highest BCUT2D eigenvalue weighted by Crippen LogP contribution is 2.26. The molecule has 0 aliphatic heterocycles. The van der Waals surface area contributed by atoms with Crippen LogP contribution < -0.4 is 16.0 Å². The average molecular weight is 387 g/mol. The third-order valence-corrected chi connectivity index (χ3v) is 4.88. The molecule has 1 aromatic carbocycles. The number of rotatable bonds is 6. The first-order chi connectivity index (χ1) is 13.5. The number of aromatic nitrogens is 2. The summed E-state index contributed by atoms with van der Waals surface area (Å²) in [6.07, 6.45) is 10.0. The summed E-state index contributed by atoms with van der Waals surface area (Å²) in [7, 11) is 0. The van der Waals surface area contributed by atoms with Crippen molar-refractivity contribution in [3.63, 3.8) is 0 Å². The zero-order chi connectivity index (χ0) is 19.9. The number of carbonyl (C=O) groups is 2. The van der Waals surface area contributed by atoms with Crippen molar-refractivity contribution >= 4 is 23.3 Å². The molecule has 1 fully saturated rings. The highest BCUT2D eigenvalue weighted by Gasteiger charge is 2.22. The number of nitrogens with zero attached hydrogens (tertiary/aromatic N) is 2. The first kappa shape index (κ1) is 19.9. The molecule has 28 heavy (non-hydrogen) atoms. The lowest BCUT2D eigenvalue weighted by atomic mass is 9.88. The summed E-state index contributed by atoms with van der Waals surface area (Å²) in [6, 6.07) is 3.62. The Morgan fingerprint density at radius 2 is 2.04 bits per heavy atom. The molecule has 1 atom stereocenters. The first-order valence-corrected chi connectivity index (χ1v) is 9.65. The van der Waals surface area contributed by atoms with E-state index < -0.39 is 11.8 Å². The van der Waals surface area contributed by atoms with E-state index in [0.717, 1.165) is 32.1 Å². The van der Waals surface area contributed by atoms with Gasteiger partial charge in [0.2, 0.25) is 5.91 Å². The van der Waals surface area contributed by atoms with Crippen LogP contribution in [0.25, 0.3) is 0 Å². The Balaban J connectivity index is 1.56. The van der Waals surface area contributed by atoms with Gasteiger partial charge in [0.05, 0.1) is 12.0 Å². The smallest absolute Gasteiger partial charge is 0.319 e. The van der Waals surface area contributed by atoms with E-state index in [9.17, 15) is 14.0 Å². The van der Waals surface area contributed by atoms with E-state index in [1.165, 1.54) is 18.2 Å². The second-order valence-electron chi connectivity index (χ2n) is 7.28. The van der Waals surface area contributed by atoms with E-state index in [-0.39, 0.29) is 23.6 Å². The molecule has 1 aliphatic rings. The number of carbonyl (C=O) groups excluding carboxylic acids is 2. The standard InChI is InChI=1S/C20H26FN5O2/c1-14(12-26-10-9-22-13-26)23-20(28)24-16-7-8-17(21)18(11-16)25-19(27)15-5-3-2-4-6-15/h7-11,13-15H,2-6,12H2,1H3,(H,25,27)(H2,23,24,28). The van der Waals surface area contributed by atoms with Crippen LogP contribution in [-0.4, -0.2) is 27.5 Å². The summed E-state index contributed by atoms with van der Waals surface area (Å²) >= 11 is 0. The van der Waals surface area contributed by atoms with Crippen LogP contribution in [0, 0.1) is 11.7 Å². The topological polar surface area (TPSA) is 88.1 Å². The van der Waals surface area contributed by atoms with Gasteiger partial charge >= 0.3 is 6.03 Å². The number of halogens is 1. The Morgan fingerprint density at radius 1 is 1.25 bits per heavy atom. The summed E-state index contributed by atoms with van der Waals surface area (Å²) in [5.74, 6) is -0.755. The van der Waals surface area contributed by atoms with Crippen LogP contribution in [0.4, 0.5) is 20.6 Å². The Hall–Kier alpha value is -2.90. The zero-order valence-electron chi connectivity index (χ0n) is 16.0. The fraction of sp³-hybridized carbons (Fsp3) is 0.450. The molecule has 0 radical (unpaired) electrons. The van der Waals surface area contributed by atoms with Crippen LogP contribution in [0.3, 0.4) is 0 Å². The van der Waals surface area contributed by atoms with E-state index in [1.807, 2.05) is 17.7 Å². The minimum absolute atomic E-state index is 0.0721. The number of urea groups is 1. The number of hydrogen-bond donors (Lipinski definition) is 3. The maximum atomic E-state index is 14.1. The number of benzene rings is 1. The first-order valence-electron chi connectivity index (χ1n) is 9.65. The van der Waals surface area contributed by atoms with Crippen molar-refractivity contribution < 1.29 is 14.0 Å². The van der Waals surface area contributed by atoms with Gasteiger partial charge in [-0.25, -0.2) is 14.2 Å². The van der Waals surface area contributed by atoms with E-state index >= 15 is 0 Å². The lowest BCUT2D eigenvalue weighted by molar-refractivity contribution is -0.120. The van der Waals surface area contributed by atoms with E-state index in [2.05, 4.69) is 20.9 Å². The predicted octanol–water partition coefficient (Wildman–Crippen LogP) is 3.75. The van der Waals surface area contributed by atoms with Crippen molar-refractivity contribution in [1.82, 2.24) is 14.9 Å². The Bertz CT molecular complexity index is 803. The lowest BCUT2D eigenvalue weighted by Crippen LogP contribution is -2.38. The molecule has 1 heterocycles. The van der Waals surface area contributed by atoms with Crippen molar-refractivity contribution in [3.8, 4) is 0 Å². The quantitative estimate of drug-likeness (QED) is 0.705. The van der Waals surface area contributed by atoms with Crippen molar-refractivity contribution in [3.05, 3.63) is 42.7 Å². The Morgan fingerprint density at radius 3 is 2.75 bits per heavy atom. The molecule has 8 heteroatoms. The van der Waals surface area contributed by atoms with Gasteiger partial charge in [-0.15, -0.1) is 0 Å². The molecule has 0 saturated heterocycles. The van der Waals surface area contributed by atoms with Gasteiger partial charge in [-0.2, -0.15) is 0 Å². The van der Waals surface area contributed by atoms with Crippen LogP contribution in [-0.2, 0) is 11.3 Å². The molecule has 1 aromatic heterocycles. The molecule has 2 aromatic rings. The number of imidazole rings is 1. The average Bonchev–Trinajstić information content (AvgIpc) is 3.17. The van der Waals surface area contributed by atoms with Gasteiger partial charge in [-0.05, 0) is 38.0 Å². The fourth-order valence-electron chi connectivity index (χ4n) is 3.45. The molecule has 1 saturated carbocycles. The largest absolute Gasteiger partial charge is 0.335 e. The predicted molar refractivity (Wildman–Crippen MR) is 105 cm³/mol. The molecular formula is C20H26FN5O2. The van der Waals surface area contributed by atoms with Gasteiger partial charge in [-0.1, -0.05) is 19.3 Å². The normalized spacial score (nSPS) is 15.6. The number of anilines is 2. The minimum atomic E-state index is -0.524. The molecular weight excluding hydrogens is 361 g/mol. The Kier molecular flexibility index (Phi) is 6.62. The second kappa shape index (κ2) is 9.34. The second-order valence-corrected chi connectivity index (χ2v) is 7.28. The summed E-state index contributed by atoms with van der Waals surface area (Å²) < 4.78 is 16.0. The van der Waals surface area contributed by atoms with Crippen LogP contribution in [0.15, 0.2) is 36.9 Å².